The van der Waals surface area contributed by atoms with E-state index in [2.05, 4.69) is 20.3 Å². The van der Waals surface area contributed by atoms with Gasteiger partial charge in [-0.05, 0) is 37.4 Å². The van der Waals surface area contributed by atoms with Gasteiger partial charge in [-0.15, -0.1) is 10.2 Å². The van der Waals surface area contributed by atoms with E-state index in [1.807, 2.05) is 20.8 Å². The maximum atomic E-state index is 12.7. The van der Waals surface area contributed by atoms with Gasteiger partial charge in [0.15, 0.2) is 6.61 Å². The molecular formula is C29H35ClF3N6O13PS. The van der Waals surface area contributed by atoms with Crippen LogP contribution in [0.15, 0.2) is 46.3 Å². The van der Waals surface area contributed by atoms with Crippen molar-refractivity contribution in [2.24, 2.45) is 0 Å². The third kappa shape index (κ3) is 16.1. The number of nitro benzene ring substituents is 1. The van der Waals surface area contributed by atoms with Crippen molar-refractivity contribution in [1.29, 1.82) is 0 Å². The molecule has 1 heterocycles. The molecule has 0 radical (unpaired) electrons. The zero-order chi connectivity index (χ0) is 41.6. The van der Waals surface area contributed by atoms with Gasteiger partial charge in [0.1, 0.15) is 22.8 Å². The fourth-order valence-corrected chi connectivity index (χ4v) is 4.52. The highest BCUT2D eigenvalue weighted by Crippen LogP contribution is 2.37. The number of aromatic nitrogens is 3. The van der Waals surface area contributed by atoms with Crippen LogP contribution >= 0.6 is 31.0 Å². The summed E-state index contributed by atoms with van der Waals surface area (Å²) in [4.78, 5) is 71.6. The predicted octanol–water partition coefficient (Wildman–Crippen LogP) is 3.95. The highest BCUT2D eigenvalue weighted by Gasteiger charge is 2.31. The summed E-state index contributed by atoms with van der Waals surface area (Å²) >= 11 is 7.10. The fraction of sp³-hybridized carbons (Fsp3) is 0.379. The van der Waals surface area contributed by atoms with E-state index in [0.29, 0.717) is 16.9 Å². The van der Waals surface area contributed by atoms with E-state index >= 15 is 0 Å². The lowest BCUT2D eigenvalue weighted by atomic mass is 9.93. The number of benzene rings is 2. The number of carboxylic acids is 1. The van der Waals surface area contributed by atoms with Crippen LogP contribution in [0.1, 0.15) is 49.3 Å². The number of aliphatic carboxylic acids is 1. The second kappa shape index (κ2) is 20.6. The molecule has 0 aliphatic rings. The Morgan fingerprint density at radius 3 is 2.22 bits per heavy atom. The van der Waals surface area contributed by atoms with Crippen LogP contribution in [-0.4, -0.2) is 84.9 Å². The third-order valence-electron chi connectivity index (χ3n) is 5.85. The quantitative estimate of drug-likeness (QED) is 0.0431. The molecule has 3 rings (SSSR count). The molecule has 0 atom stereocenters. The number of esters is 2. The van der Waals surface area contributed by atoms with E-state index in [4.69, 9.17) is 41.8 Å². The highest BCUT2D eigenvalue weighted by atomic mass is 35.5. The minimum Gasteiger partial charge on any atom is -0.480 e. The SMILES string of the molecule is CCOC(=O)COC(=O)c1cc(Oc2ccc(C(F)(F)F)cc2Cl)ccc1[N+](=O)[O-].CSc1nnc(C(C)(C)C)c(=O)n1N.O=C(O)CNCP(=O)(O)O. The molecule has 2 aromatic carbocycles. The number of halogens is 4. The topological polar surface area (TPSA) is 286 Å². The molecule has 19 nitrogen and oxygen atoms in total. The molecule has 3 aromatic rings. The minimum absolute atomic E-state index is 0.0493. The molecule has 0 spiro atoms. The molecular weight excluding hydrogens is 796 g/mol. The van der Waals surface area contributed by atoms with Crippen molar-refractivity contribution < 1.29 is 66.1 Å². The molecule has 0 aliphatic carbocycles. The van der Waals surface area contributed by atoms with Crippen LogP contribution in [0, 0.1) is 10.1 Å². The number of carbonyl (C=O) groups excluding carboxylic acids is 2. The van der Waals surface area contributed by atoms with Crippen molar-refractivity contribution in [2.45, 2.75) is 44.4 Å². The largest absolute Gasteiger partial charge is 0.480 e. The van der Waals surface area contributed by atoms with Crippen molar-refractivity contribution in [3.8, 4) is 11.5 Å². The number of nitrogen functional groups attached to an aromatic ring is 1. The van der Waals surface area contributed by atoms with Gasteiger partial charge < -0.3 is 34.9 Å². The van der Waals surface area contributed by atoms with Crippen LogP contribution in [0.25, 0.3) is 0 Å². The molecule has 0 saturated heterocycles. The van der Waals surface area contributed by atoms with Crippen LogP contribution in [-0.2, 0) is 35.2 Å². The van der Waals surface area contributed by atoms with Gasteiger partial charge in [-0.25, -0.2) is 9.59 Å². The monoisotopic (exact) mass is 830 g/mol. The second-order valence-corrected chi connectivity index (χ2v) is 14.0. The Bertz CT molecular complexity index is 1920. The zero-order valence-electron chi connectivity index (χ0n) is 29.0. The number of thioether (sulfide) groups is 1. The van der Waals surface area contributed by atoms with Crippen LogP contribution in [0.3, 0.4) is 0 Å². The Labute approximate surface area is 313 Å². The average molecular weight is 831 g/mol. The Kier molecular flexibility index (Phi) is 18.0. The molecule has 298 valence electrons. The van der Waals surface area contributed by atoms with E-state index in [-0.39, 0.29) is 34.1 Å². The Morgan fingerprint density at radius 1 is 1.11 bits per heavy atom. The Morgan fingerprint density at radius 2 is 1.74 bits per heavy atom. The van der Waals surface area contributed by atoms with E-state index in [1.165, 1.54) is 18.7 Å². The first-order chi connectivity index (χ1) is 24.8. The number of alkyl halides is 3. The van der Waals surface area contributed by atoms with Gasteiger partial charge in [0.05, 0.1) is 34.9 Å². The van der Waals surface area contributed by atoms with Gasteiger partial charge in [0.25, 0.3) is 11.2 Å². The number of nitrogens with one attached hydrogen (secondary N) is 1. The van der Waals surface area contributed by atoms with Gasteiger partial charge in [-0.2, -0.15) is 17.8 Å². The van der Waals surface area contributed by atoms with Crippen molar-refractivity contribution in [3.63, 3.8) is 0 Å². The van der Waals surface area contributed by atoms with E-state index < -0.39 is 72.9 Å². The lowest BCUT2D eigenvalue weighted by Crippen LogP contribution is -2.37. The van der Waals surface area contributed by atoms with Crippen LogP contribution in [0.5, 0.6) is 11.5 Å². The summed E-state index contributed by atoms with van der Waals surface area (Å²) in [5, 5.41) is 29.0. The molecule has 0 unspecified atom stereocenters. The summed E-state index contributed by atoms with van der Waals surface area (Å²) in [5.74, 6) is 2.07. The lowest BCUT2D eigenvalue weighted by molar-refractivity contribution is -0.385. The van der Waals surface area contributed by atoms with E-state index in [9.17, 15) is 47.0 Å². The summed E-state index contributed by atoms with van der Waals surface area (Å²) in [5.41, 5.74) is -2.39. The van der Waals surface area contributed by atoms with E-state index in [0.717, 1.165) is 35.0 Å². The van der Waals surface area contributed by atoms with Crippen molar-refractivity contribution in [2.75, 3.05) is 38.1 Å². The van der Waals surface area contributed by atoms with E-state index in [1.54, 1.807) is 6.26 Å². The molecule has 0 amide bonds. The van der Waals surface area contributed by atoms with Gasteiger partial charge >= 0.3 is 31.7 Å². The minimum atomic E-state index is -4.61. The van der Waals surface area contributed by atoms with Crippen molar-refractivity contribution in [1.82, 2.24) is 20.2 Å². The number of rotatable bonds is 12. The third-order valence-corrected chi connectivity index (χ3v) is 7.42. The summed E-state index contributed by atoms with van der Waals surface area (Å²) < 4.78 is 63.9. The molecule has 0 saturated carbocycles. The number of nitro groups is 1. The first-order valence-corrected chi connectivity index (χ1v) is 18.1. The average Bonchev–Trinajstić information content (AvgIpc) is 3.04. The van der Waals surface area contributed by atoms with Gasteiger partial charge in [-0.1, -0.05) is 44.1 Å². The van der Waals surface area contributed by atoms with Crippen LogP contribution in [0.4, 0.5) is 18.9 Å². The molecule has 0 bridgehead atoms. The highest BCUT2D eigenvalue weighted by molar-refractivity contribution is 7.98. The molecule has 0 fully saturated rings. The molecule has 25 heteroatoms. The Balaban J connectivity index is 0.000000498. The number of nitrogens with two attached hydrogens (primary N) is 1. The number of carbonyl (C=O) groups is 3. The first kappa shape index (κ1) is 47.2. The normalized spacial score (nSPS) is 11.2. The summed E-state index contributed by atoms with van der Waals surface area (Å²) in [6.07, 6.45) is -3.41. The predicted molar refractivity (Wildman–Crippen MR) is 186 cm³/mol. The Hall–Kier alpha value is -4.80. The van der Waals surface area contributed by atoms with Crippen molar-refractivity contribution >= 4 is 54.6 Å². The number of hydrogen-bond donors (Lipinski definition) is 5. The zero-order valence-corrected chi connectivity index (χ0v) is 31.4. The number of carboxylic acid groups (broad SMARTS) is 1. The summed E-state index contributed by atoms with van der Waals surface area (Å²) in [7, 11) is -4.10. The van der Waals surface area contributed by atoms with Gasteiger partial charge in [0.2, 0.25) is 5.16 Å². The maximum Gasteiger partial charge on any atom is 0.416 e. The molecule has 0 aliphatic heterocycles. The van der Waals surface area contributed by atoms with Gasteiger partial charge in [-0.3, -0.25) is 29.6 Å². The first-order valence-electron chi connectivity index (χ1n) is 14.7. The molecule has 6 N–H and O–H groups in total. The fourth-order valence-electron chi connectivity index (χ4n) is 3.50. The number of ether oxygens (including phenoxy) is 3. The lowest BCUT2D eigenvalue weighted by Gasteiger charge is -2.16. The smallest absolute Gasteiger partial charge is 0.416 e. The van der Waals surface area contributed by atoms with Crippen LogP contribution in [0.2, 0.25) is 5.02 Å². The van der Waals surface area contributed by atoms with Crippen molar-refractivity contribution in [3.05, 3.63) is 78.7 Å². The maximum absolute atomic E-state index is 12.7. The standard InChI is InChI=1S/C18H13ClF3NO7.C8H14N4OS.C3H8NO5P/c1-2-28-16(24)9-29-17(25)12-8-11(4-5-14(12)23(26)27)30-15-6-3-10(7-13(15)19)18(20,21)22;1-8(2,3)5-6(13)12(9)7(14-4)11-10-5;5-3(6)1-4-2-10(7,8)9/h3-8H,2,9H2,1H3;9H2,1-4H3;4H,1-2H2,(H,5,6)(H2,7,8,9). The van der Waals surface area contributed by atoms with Gasteiger partial charge in [0, 0.05) is 17.5 Å². The van der Waals surface area contributed by atoms with Crippen LogP contribution < -0.4 is 21.5 Å². The summed E-state index contributed by atoms with van der Waals surface area (Å²) in [6.45, 7) is 6.09. The number of nitrogens with zero attached hydrogens (tertiary/aromatic N) is 4. The summed E-state index contributed by atoms with van der Waals surface area (Å²) in [6, 6.07) is 5.35. The number of hydrogen-bond acceptors (Lipinski definition) is 15. The molecule has 54 heavy (non-hydrogen) atoms. The second-order valence-electron chi connectivity index (χ2n) is 11.2. The molecule has 1 aromatic heterocycles.